The SMILES string of the molecule is Cc1cc(CNCC(C)C)cnc1Oc1cccc(F)c1. The summed E-state index contributed by atoms with van der Waals surface area (Å²) in [6.45, 7) is 8.04. The molecule has 0 spiro atoms. The van der Waals surface area contributed by atoms with E-state index in [-0.39, 0.29) is 5.82 Å². The third-order valence-electron chi connectivity index (χ3n) is 2.98. The van der Waals surface area contributed by atoms with Gasteiger partial charge in [-0.3, -0.25) is 0 Å². The van der Waals surface area contributed by atoms with Crippen LogP contribution in [0.25, 0.3) is 0 Å². The number of aromatic nitrogens is 1. The highest BCUT2D eigenvalue weighted by Gasteiger charge is 2.05. The number of aryl methyl sites for hydroxylation is 1. The molecule has 4 heteroatoms. The molecular weight excluding hydrogens is 267 g/mol. The van der Waals surface area contributed by atoms with Crippen molar-refractivity contribution in [2.45, 2.75) is 27.3 Å². The van der Waals surface area contributed by atoms with Gasteiger partial charge < -0.3 is 10.1 Å². The Labute approximate surface area is 125 Å². The molecule has 1 aromatic carbocycles. The molecule has 0 aliphatic rings. The van der Waals surface area contributed by atoms with Crippen LogP contribution in [0.2, 0.25) is 0 Å². The summed E-state index contributed by atoms with van der Waals surface area (Å²) in [6.07, 6.45) is 1.79. The van der Waals surface area contributed by atoms with Gasteiger partial charge in [-0.05, 0) is 43.1 Å². The second-order valence-corrected chi connectivity index (χ2v) is 5.55. The van der Waals surface area contributed by atoms with Crippen LogP contribution in [0, 0.1) is 18.7 Å². The van der Waals surface area contributed by atoms with E-state index in [4.69, 9.17) is 4.74 Å². The molecule has 1 N–H and O–H groups in total. The molecule has 0 unspecified atom stereocenters. The van der Waals surface area contributed by atoms with Gasteiger partial charge in [0, 0.05) is 24.4 Å². The Kier molecular flexibility index (Phi) is 5.28. The van der Waals surface area contributed by atoms with Crippen LogP contribution >= 0.6 is 0 Å². The molecule has 0 bridgehead atoms. The maximum absolute atomic E-state index is 13.1. The van der Waals surface area contributed by atoms with Crippen molar-refractivity contribution < 1.29 is 9.13 Å². The molecule has 0 saturated carbocycles. The van der Waals surface area contributed by atoms with Gasteiger partial charge in [0.1, 0.15) is 11.6 Å². The van der Waals surface area contributed by atoms with Crippen molar-refractivity contribution in [3.05, 3.63) is 53.5 Å². The molecular formula is C17H21FN2O. The predicted octanol–water partition coefficient (Wildman–Crippen LogP) is 4.07. The van der Waals surface area contributed by atoms with E-state index in [9.17, 15) is 4.39 Å². The normalized spacial score (nSPS) is 10.9. The molecule has 0 saturated heterocycles. The van der Waals surface area contributed by atoms with Crippen LogP contribution in [0.15, 0.2) is 36.5 Å². The zero-order valence-corrected chi connectivity index (χ0v) is 12.7. The van der Waals surface area contributed by atoms with Crippen LogP contribution in [-0.2, 0) is 6.54 Å². The third-order valence-corrected chi connectivity index (χ3v) is 2.98. The molecule has 0 aliphatic heterocycles. The lowest BCUT2D eigenvalue weighted by Gasteiger charge is -2.11. The number of ether oxygens (including phenoxy) is 1. The van der Waals surface area contributed by atoms with Crippen molar-refractivity contribution in [1.29, 1.82) is 0 Å². The summed E-state index contributed by atoms with van der Waals surface area (Å²) >= 11 is 0. The van der Waals surface area contributed by atoms with E-state index in [1.807, 2.05) is 13.0 Å². The number of hydrogen-bond donors (Lipinski definition) is 1. The average Bonchev–Trinajstić information content (AvgIpc) is 2.41. The van der Waals surface area contributed by atoms with Gasteiger partial charge in [0.05, 0.1) is 0 Å². The first-order valence-corrected chi connectivity index (χ1v) is 7.14. The van der Waals surface area contributed by atoms with Crippen molar-refractivity contribution in [1.82, 2.24) is 10.3 Å². The average molecular weight is 288 g/mol. The van der Waals surface area contributed by atoms with Crippen molar-refractivity contribution >= 4 is 0 Å². The molecule has 0 aliphatic carbocycles. The number of halogens is 1. The lowest BCUT2D eigenvalue weighted by atomic mass is 10.2. The summed E-state index contributed by atoms with van der Waals surface area (Å²) < 4.78 is 18.7. The van der Waals surface area contributed by atoms with Crippen LogP contribution in [0.3, 0.4) is 0 Å². The smallest absolute Gasteiger partial charge is 0.222 e. The number of rotatable bonds is 6. The Balaban J connectivity index is 2.02. The van der Waals surface area contributed by atoms with Gasteiger partial charge in [0.2, 0.25) is 5.88 Å². The maximum atomic E-state index is 13.1. The Morgan fingerprint density at radius 2 is 2.10 bits per heavy atom. The summed E-state index contributed by atoms with van der Waals surface area (Å²) in [5, 5.41) is 3.37. The van der Waals surface area contributed by atoms with Crippen molar-refractivity contribution in [3.63, 3.8) is 0 Å². The molecule has 112 valence electrons. The van der Waals surface area contributed by atoms with Gasteiger partial charge >= 0.3 is 0 Å². The van der Waals surface area contributed by atoms with Crippen LogP contribution in [-0.4, -0.2) is 11.5 Å². The Bertz CT molecular complexity index is 599. The van der Waals surface area contributed by atoms with E-state index in [1.165, 1.54) is 12.1 Å². The zero-order chi connectivity index (χ0) is 15.2. The zero-order valence-electron chi connectivity index (χ0n) is 12.7. The summed E-state index contributed by atoms with van der Waals surface area (Å²) in [4.78, 5) is 4.32. The largest absolute Gasteiger partial charge is 0.439 e. The summed E-state index contributed by atoms with van der Waals surface area (Å²) in [5.74, 6) is 1.26. The van der Waals surface area contributed by atoms with E-state index in [2.05, 4.69) is 24.1 Å². The number of hydrogen-bond acceptors (Lipinski definition) is 3. The van der Waals surface area contributed by atoms with Crippen molar-refractivity contribution in [2.75, 3.05) is 6.54 Å². The molecule has 0 amide bonds. The van der Waals surface area contributed by atoms with E-state index in [0.717, 1.165) is 24.2 Å². The van der Waals surface area contributed by atoms with Crippen LogP contribution in [0.1, 0.15) is 25.0 Å². The minimum absolute atomic E-state index is 0.320. The highest BCUT2D eigenvalue weighted by atomic mass is 19.1. The highest BCUT2D eigenvalue weighted by Crippen LogP contribution is 2.23. The van der Waals surface area contributed by atoms with Gasteiger partial charge in [-0.25, -0.2) is 9.37 Å². The third kappa shape index (κ3) is 4.83. The van der Waals surface area contributed by atoms with E-state index < -0.39 is 0 Å². The minimum atomic E-state index is -0.320. The topological polar surface area (TPSA) is 34.2 Å². The first-order valence-electron chi connectivity index (χ1n) is 7.14. The quantitative estimate of drug-likeness (QED) is 0.870. The number of benzene rings is 1. The molecule has 0 fully saturated rings. The molecule has 1 aromatic heterocycles. The fourth-order valence-electron chi connectivity index (χ4n) is 1.97. The van der Waals surface area contributed by atoms with Crippen molar-refractivity contribution in [2.24, 2.45) is 5.92 Å². The summed E-state index contributed by atoms with van der Waals surface area (Å²) in [7, 11) is 0. The minimum Gasteiger partial charge on any atom is -0.439 e. The fourth-order valence-corrected chi connectivity index (χ4v) is 1.97. The number of nitrogens with one attached hydrogen (secondary N) is 1. The maximum Gasteiger partial charge on any atom is 0.222 e. The van der Waals surface area contributed by atoms with Gasteiger partial charge in [0.15, 0.2) is 0 Å². The standard InChI is InChI=1S/C17H21FN2O/c1-12(2)9-19-10-14-7-13(3)17(20-11-14)21-16-6-4-5-15(18)8-16/h4-8,11-12,19H,9-10H2,1-3H3. The summed E-state index contributed by atoms with van der Waals surface area (Å²) in [5.41, 5.74) is 2.04. The molecule has 0 atom stereocenters. The van der Waals surface area contributed by atoms with Crippen molar-refractivity contribution in [3.8, 4) is 11.6 Å². The van der Waals surface area contributed by atoms with Gasteiger partial charge in [-0.15, -0.1) is 0 Å². The molecule has 1 heterocycles. The van der Waals surface area contributed by atoms with E-state index >= 15 is 0 Å². The van der Waals surface area contributed by atoms with Gasteiger partial charge in [0.25, 0.3) is 0 Å². The first kappa shape index (κ1) is 15.4. The monoisotopic (exact) mass is 288 g/mol. The first-order chi connectivity index (χ1) is 10.0. The van der Waals surface area contributed by atoms with Crippen LogP contribution in [0.5, 0.6) is 11.6 Å². The molecule has 2 rings (SSSR count). The summed E-state index contributed by atoms with van der Waals surface area (Å²) in [6, 6.07) is 8.09. The number of nitrogens with zero attached hydrogens (tertiary/aromatic N) is 1. The Morgan fingerprint density at radius 3 is 2.76 bits per heavy atom. The van der Waals surface area contributed by atoms with E-state index in [1.54, 1.807) is 18.3 Å². The van der Waals surface area contributed by atoms with Gasteiger partial charge in [-0.2, -0.15) is 0 Å². The Hall–Kier alpha value is -1.94. The second-order valence-electron chi connectivity index (χ2n) is 5.55. The fraction of sp³-hybridized carbons (Fsp3) is 0.353. The van der Waals surface area contributed by atoms with Gasteiger partial charge in [-0.1, -0.05) is 19.9 Å². The number of pyridine rings is 1. The molecule has 3 nitrogen and oxygen atoms in total. The van der Waals surface area contributed by atoms with Crippen LogP contribution < -0.4 is 10.1 Å². The van der Waals surface area contributed by atoms with E-state index in [0.29, 0.717) is 17.5 Å². The second kappa shape index (κ2) is 7.18. The lowest BCUT2D eigenvalue weighted by molar-refractivity contribution is 0.453. The predicted molar refractivity (Wildman–Crippen MR) is 82.0 cm³/mol. The molecule has 21 heavy (non-hydrogen) atoms. The molecule has 2 aromatic rings. The Morgan fingerprint density at radius 1 is 1.29 bits per heavy atom. The molecule has 0 radical (unpaired) electrons. The highest BCUT2D eigenvalue weighted by molar-refractivity contribution is 5.33. The van der Waals surface area contributed by atoms with Crippen LogP contribution in [0.4, 0.5) is 4.39 Å². The lowest BCUT2D eigenvalue weighted by Crippen LogP contribution is -2.19.